The van der Waals surface area contributed by atoms with Gasteiger partial charge in [0.2, 0.25) is 0 Å². The van der Waals surface area contributed by atoms with Crippen LogP contribution in [0.1, 0.15) is 63.0 Å². The van der Waals surface area contributed by atoms with Crippen LogP contribution in [0.4, 0.5) is 0 Å². The summed E-state index contributed by atoms with van der Waals surface area (Å²) in [4.78, 5) is 5.38. The molecular formula is C22H44Cl4N4. The van der Waals surface area contributed by atoms with Crippen LogP contribution in [0.3, 0.4) is 0 Å². The van der Waals surface area contributed by atoms with E-state index in [1.807, 2.05) is 0 Å². The minimum atomic E-state index is 0. The maximum Gasteiger partial charge on any atom is 0.0475 e. The Morgan fingerprint density at radius 3 is 1.77 bits per heavy atom. The second kappa shape index (κ2) is 22.4. The van der Waals surface area contributed by atoms with Crippen molar-refractivity contribution >= 4 is 49.6 Å². The number of benzene rings is 1. The van der Waals surface area contributed by atoms with Gasteiger partial charge in [0.25, 0.3) is 0 Å². The predicted molar refractivity (Wildman–Crippen MR) is 141 cm³/mol. The molecule has 0 aliphatic carbocycles. The summed E-state index contributed by atoms with van der Waals surface area (Å²) in [7, 11) is 0. The highest BCUT2D eigenvalue weighted by atomic mass is 35.5. The first-order valence-electron chi connectivity index (χ1n) is 10.8. The van der Waals surface area contributed by atoms with E-state index in [1.165, 1.54) is 89.7 Å². The van der Waals surface area contributed by atoms with Crippen LogP contribution < -0.4 is 11.5 Å². The molecule has 0 aromatic heterocycles. The Balaban J connectivity index is -0.00000182. The molecular weight excluding hydrogens is 462 g/mol. The second-order valence-corrected chi connectivity index (χ2v) is 7.67. The molecule has 1 aliphatic heterocycles. The predicted octanol–water partition coefficient (Wildman–Crippen LogP) is 5.07. The molecule has 180 valence electrons. The molecule has 1 saturated heterocycles. The number of hydrogen-bond acceptors (Lipinski definition) is 4. The van der Waals surface area contributed by atoms with Crippen molar-refractivity contribution in [3.63, 3.8) is 0 Å². The average Bonchev–Trinajstić information content (AvgIpc) is 2.69. The van der Waals surface area contributed by atoms with E-state index in [9.17, 15) is 0 Å². The van der Waals surface area contributed by atoms with Gasteiger partial charge in [0.1, 0.15) is 0 Å². The number of unbranched alkanes of at least 4 members (excludes halogenated alkanes) is 6. The van der Waals surface area contributed by atoms with Crippen molar-refractivity contribution in [3.8, 4) is 0 Å². The van der Waals surface area contributed by atoms with Gasteiger partial charge in [-0.05, 0) is 57.4 Å². The number of hydrogen-bond donors (Lipinski definition) is 2. The van der Waals surface area contributed by atoms with Gasteiger partial charge in [0.15, 0.2) is 0 Å². The molecule has 4 nitrogen and oxygen atoms in total. The van der Waals surface area contributed by atoms with Gasteiger partial charge < -0.3 is 16.4 Å². The van der Waals surface area contributed by atoms with Crippen LogP contribution in [-0.4, -0.2) is 55.6 Å². The molecule has 0 saturated carbocycles. The van der Waals surface area contributed by atoms with E-state index in [0.717, 1.165) is 13.1 Å². The third-order valence-electron chi connectivity index (χ3n) is 5.59. The van der Waals surface area contributed by atoms with E-state index in [1.54, 1.807) is 0 Å². The molecule has 1 aromatic rings. The van der Waals surface area contributed by atoms with Gasteiger partial charge in [0, 0.05) is 25.7 Å². The Bertz CT molecular complexity index is 468. The first-order chi connectivity index (χ1) is 12.8. The van der Waals surface area contributed by atoms with E-state index in [-0.39, 0.29) is 49.6 Å². The van der Waals surface area contributed by atoms with Crippen LogP contribution in [0, 0.1) is 0 Å². The van der Waals surface area contributed by atoms with Gasteiger partial charge in [0.05, 0.1) is 0 Å². The van der Waals surface area contributed by atoms with Gasteiger partial charge >= 0.3 is 0 Å². The molecule has 1 heterocycles. The number of nitrogens with two attached hydrogens (primary N) is 2. The fourth-order valence-corrected chi connectivity index (χ4v) is 3.99. The zero-order valence-electron chi connectivity index (χ0n) is 18.3. The van der Waals surface area contributed by atoms with Crippen molar-refractivity contribution in [1.29, 1.82) is 0 Å². The first kappa shape index (κ1) is 34.8. The van der Waals surface area contributed by atoms with Crippen LogP contribution in [-0.2, 0) is 0 Å². The Morgan fingerprint density at radius 2 is 1.20 bits per heavy atom. The summed E-state index contributed by atoms with van der Waals surface area (Å²) in [5.41, 5.74) is 12.7. The zero-order valence-corrected chi connectivity index (χ0v) is 21.5. The molecule has 30 heavy (non-hydrogen) atoms. The Kier molecular flexibility index (Phi) is 26.0. The van der Waals surface area contributed by atoms with Crippen molar-refractivity contribution in [2.75, 3.05) is 45.8 Å². The van der Waals surface area contributed by atoms with E-state index in [2.05, 4.69) is 40.1 Å². The number of nitrogens with zero attached hydrogens (tertiary/aromatic N) is 2. The molecule has 0 spiro atoms. The van der Waals surface area contributed by atoms with Crippen LogP contribution in [0.5, 0.6) is 0 Å². The van der Waals surface area contributed by atoms with E-state index in [4.69, 9.17) is 11.5 Å². The molecule has 0 bridgehead atoms. The van der Waals surface area contributed by atoms with Crippen LogP contribution >= 0.6 is 49.6 Å². The van der Waals surface area contributed by atoms with Crippen molar-refractivity contribution in [1.82, 2.24) is 9.80 Å². The lowest BCUT2D eigenvalue weighted by atomic mass is 10.0. The molecule has 8 heteroatoms. The normalized spacial score (nSPS) is 16.5. The Morgan fingerprint density at radius 1 is 0.667 bits per heavy atom. The molecule has 2 rings (SSSR count). The monoisotopic (exact) mass is 504 g/mol. The SMILES string of the molecule is Cl.Cl.Cl.Cl.NCCCCCCN1CCN(CCCCCCN)C(c2ccccc2)C1. The molecule has 1 atom stereocenters. The van der Waals surface area contributed by atoms with Gasteiger partial charge in [-0.3, -0.25) is 4.90 Å². The fourth-order valence-electron chi connectivity index (χ4n) is 3.99. The maximum absolute atomic E-state index is 5.61. The highest BCUT2D eigenvalue weighted by Crippen LogP contribution is 2.26. The Hall–Kier alpha value is 0.220. The van der Waals surface area contributed by atoms with Gasteiger partial charge in [-0.25, -0.2) is 0 Å². The van der Waals surface area contributed by atoms with Crippen molar-refractivity contribution in [3.05, 3.63) is 35.9 Å². The summed E-state index contributed by atoms with van der Waals surface area (Å²) < 4.78 is 0. The molecule has 1 fully saturated rings. The van der Waals surface area contributed by atoms with Crippen LogP contribution in [0.2, 0.25) is 0 Å². The topological polar surface area (TPSA) is 58.5 Å². The summed E-state index contributed by atoms with van der Waals surface area (Å²) >= 11 is 0. The van der Waals surface area contributed by atoms with Crippen molar-refractivity contribution in [2.45, 2.75) is 57.4 Å². The van der Waals surface area contributed by atoms with Crippen LogP contribution in [0.15, 0.2) is 30.3 Å². The third-order valence-corrected chi connectivity index (χ3v) is 5.59. The third kappa shape index (κ3) is 13.6. The average molecular weight is 506 g/mol. The van der Waals surface area contributed by atoms with E-state index in [0.29, 0.717) is 6.04 Å². The fraction of sp³-hybridized carbons (Fsp3) is 0.727. The van der Waals surface area contributed by atoms with Crippen molar-refractivity contribution in [2.24, 2.45) is 11.5 Å². The van der Waals surface area contributed by atoms with E-state index < -0.39 is 0 Å². The van der Waals surface area contributed by atoms with Gasteiger partial charge in [-0.15, -0.1) is 49.6 Å². The number of piperazine rings is 1. The highest BCUT2D eigenvalue weighted by Gasteiger charge is 2.27. The quantitative estimate of drug-likeness (QED) is 0.367. The standard InChI is InChI=1S/C22H40N4.4ClH/c23-14-8-1-3-10-16-25-18-19-26(17-11-4-2-9-15-24)22(20-25)21-12-6-5-7-13-21;;;;/h5-7,12-13,22H,1-4,8-11,14-20,23-24H2;4*1H. The molecule has 1 aromatic carbocycles. The van der Waals surface area contributed by atoms with E-state index >= 15 is 0 Å². The zero-order chi connectivity index (χ0) is 18.5. The summed E-state index contributed by atoms with van der Waals surface area (Å²) in [6.07, 6.45) is 10.1. The number of rotatable bonds is 13. The van der Waals surface area contributed by atoms with Crippen LogP contribution in [0.25, 0.3) is 0 Å². The summed E-state index contributed by atoms with van der Waals surface area (Å²) in [6.45, 7) is 7.69. The molecule has 1 unspecified atom stereocenters. The minimum absolute atomic E-state index is 0. The number of halogens is 4. The lowest BCUT2D eigenvalue weighted by Gasteiger charge is -2.42. The summed E-state index contributed by atoms with van der Waals surface area (Å²) in [5, 5.41) is 0. The molecule has 0 amide bonds. The smallest absolute Gasteiger partial charge is 0.0475 e. The second-order valence-electron chi connectivity index (χ2n) is 7.67. The molecule has 1 aliphatic rings. The van der Waals surface area contributed by atoms with Gasteiger partial charge in [-0.1, -0.05) is 56.0 Å². The largest absolute Gasteiger partial charge is 0.330 e. The molecule has 4 N–H and O–H groups in total. The molecule has 0 radical (unpaired) electrons. The first-order valence-corrected chi connectivity index (χ1v) is 10.8. The minimum Gasteiger partial charge on any atom is -0.330 e. The lowest BCUT2D eigenvalue weighted by molar-refractivity contribution is 0.0713. The van der Waals surface area contributed by atoms with Gasteiger partial charge in [-0.2, -0.15) is 0 Å². The maximum atomic E-state index is 5.61. The Labute approximate surface area is 209 Å². The lowest BCUT2D eigenvalue weighted by Crippen LogP contribution is -2.48. The highest BCUT2D eigenvalue weighted by molar-refractivity contribution is 5.86. The summed E-state index contributed by atoms with van der Waals surface area (Å²) in [6, 6.07) is 11.6. The van der Waals surface area contributed by atoms with Crippen molar-refractivity contribution < 1.29 is 0 Å². The summed E-state index contributed by atoms with van der Waals surface area (Å²) in [5.74, 6) is 0.